The number of nitro groups is 1. The summed E-state index contributed by atoms with van der Waals surface area (Å²) in [6.07, 6.45) is 0. The average Bonchev–Trinajstić information content (AvgIpc) is 2.37. The van der Waals surface area contributed by atoms with Gasteiger partial charge in [-0.1, -0.05) is 0 Å². The molecular formula is C11H12N2O6. The molecule has 8 nitrogen and oxygen atoms in total. The largest absolute Gasteiger partial charge is 0.496 e. The Morgan fingerprint density at radius 3 is 2.58 bits per heavy atom. The summed E-state index contributed by atoms with van der Waals surface area (Å²) < 4.78 is 4.89. The van der Waals surface area contributed by atoms with E-state index in [2.05, 4.69) is 5.32 Å². The highest BCUT2D eigenvalue weighted by Gasteiger charge is 2.20. The smallest absolute Gasteiger partial charge is 0.325 e. The molecule has 0 heterocycles. The van der Waals surface area contributed by atoms with E-state index in [-0.39, 0.29) is 17.0 Å². The molecule has 8 heteroatoms. The number of carbonyl (C=O) groups excluding carboxylic acids is 1. The Hall–Kier alpha value is -2.64. The monoisotopic (exact) mass is 268 g/mol. The van der Waals surface area contributed by atoms with E-state index in [1.54, 1.807) is 0 Å². The van der Waals surface area contributed by atoms with E-state index in [1.807, 2.05) is 0 Å². The molecule has 0 aliphatic heterocycles. The van der Waals surface area contributed by atoms with Crippen LogP contribution in [0.1, 0.15) is 17.3 Å². The van der Waals surface area contributed by atoms with Gasteiger partial charge in [0.1, 0.15) is 11.8 Å². The summed E-state index contributed by atoms with van der Waals surface area (Å²) in [6.45, 7) is 1.30. The number of nitrogens with zero attached hydrogens (tertiary/aromatic N) is 1. The third-order valence-corrected chi connectivity index (χ3v) is 2.36. The molecule has 19 heavy (non-hydrogen) atoms. The van der Waals surface area contributed by atoms with Crippen LogP contribution in [0.2, 0.25) is 0 Å². The lowest BCUT2D eigenvalue weighted by atomic mass is 10.1. The summed E-state index contributed by atoms with van der Waals surface area (Å²) in [7, 11) is 1.26. The van der Waals surface area contributed by atoms with E-state index in [9.17, 15) is 19.7 Å². The number of benzene rings is 1. The van der Waals surface area contributed by atoms with Gasteiger partial charge in [-0.3, -0.25) is 19.7 Å². The lowest BCUT2D eigenvalue weighted by molar-refractivity contribution is -0.384. The van der Waals surface area contributed by atoms with Crippen molar-refractivity contribution < 1.29 is 24.4 Å². The van der Waals surface area contributed by atoms with Gasteiger partial charge in [0, 0.05) is 6.07 Å². The lowest BCUT2D eigenvalue weighted by Gasteiger charge is -2.11. The number of methoxy groups -OCH3 is 1. The van der Waals surface area contributed by atoms with Crippen LogP contribution in [-0.4, -0.2) is 35.1 Å². The van der Waals surface area contributed by atoms with Crippen LogP contribution in [-0.2, 0) is 4.79 Å². The van der Waals surface area contributed by atoms with Crippen molar-refractivity contribution in [3.05, 3.63) is 33.9 Å². The number of ether oxygens (including phenoxy) is 1. The van der Waals surface area contributed by atoms with Gasteiger partial charge in [-0.25, -0.2) is 0 Å². The zero-order valence-corrected chi connectivity index (χ0v) is 10.2. The van der Waals surface area contributed by atoms with Crippen molar-refractivity contribution in [2.75, 3.05) is 7.11 Å². The predicted molar refractivity (Wildman–Crippen MR) is 64.2 cm³/mol. The van der Waals surface area contributed by atoms with Crippen molar-refractivity contribution in [2.45, 2.75) is 13.0 Å². The summed E-state index contributed by atoms with van der Waals surface area (Å²) in [5.74, 6) is -1.86. The Balaban J connectivity index is 3.03. The maximum absolute atomic E-state index is 11.8. The van der Waals surface area contributed by atoms with Crippen LogP contribution in [0.25, 0.3) is 0 Å². The molecule has 0 unspecified atom stereocenters. The lowest BCUT2D eigenvalue weighted by Crippen LogP contribution is -2.38. The maximum Gasteiger partial charge on any atom is 0.325 e. The summed E-state index contributed by atoms with van der Waals surface area (Å²) in [6, 6.07) is 2.37. The Bertz CT molecular complexity index is 528. The van der Waals surface area contributed by atoms with Gasteiger partial charge in [-0.2, -0.15) is 0 Å². The van der Waals surface area contributed by atoms with E-state index >= 15 is 0 Å². The first-order valence-corrected chi connectivity index (χ1v) is 5.23. The van der Waals surface area contributed by atoms with Crippen molar-refractivity contribution in [2.24, 2.45) is 0 Å². The minimum atomic E-state index is -1.19. The molecule has 0 saturated carbocycles. The van der Waals surface area contributed by atoms with Crippen LogP contribution >= 0.6 is 0 Å². The van der Waals surface area contributed by atoms with Crippen LogP contribution in [0.15, 0.2) is 18.2 Å². The number of carboxylic acids is 1. The van der Waals surface area contributed by atoms with Crippen molar-refractivity contribution in [3.63, 3.8) is 0 Å². The first-order chi connectivity index (χ1) is 8.86. The molecule has 0 spiro atoms. The van der Waals surface area contributed by atoms with Gasteiger partial charge in [0.25, 0.3) is 11.6 Å². The number of hydrogen-bond donors (Lipinski definition) is 2. The van der Waals surface area contributed by atoms with Crippen molar-refractivity contribution in [1.29, 1.82) is 0 Å². The maximum atomic E-state index is 11.8. The molecule has 0 fully saturated rings. The Labute approximate surface area is 108 Å². The van der Waals surface area contributed by atoms with E-state index in [0.29, 0.717) is 0 Å². The van der Waals surface area contributed by atoms with Crippen LogP contribution in [0.3, 0.4) is 0 Å². The number of carbonyl (C=O) groups is 2. The van der Waals surface area contributed by atoms with E-state index in [1.165, 1.54) is 20.1 Å². The highest BCUT2D eigenvalue weighted by atomic mass is 16.6. The number of amides is 1. The third kappa shape index (κ3) is 3.41. The second kappa shape index (κ2) is 5.80. The number of non-ortho nitro benzene ring substituents is 1. The van der Waals surface area contributed by atoms with Gasteiger partial charge in [0.15, 0.2) is 0 Å². The number of carboxylic acid groups (broad SMARTS) is 1. The van der Waals surface area contributed by atoms with Gasteiger partial charge < -0.3 is 15.2 Å². The summed E-state index contributed by atoms with van der Waals surface area (Å²) in [5, 5.41) is 21.5. The number of nitro benzene ring substituents is 1. The molecule has 1 amide bonds. The first-order valence-electron chi connectivity index (χ1n) is 5.23. The summed E-state index contributed by atoms with van der Waals surface area (Å²) >= 11 is 0. The Morgan fingerprint density at radius 2 is 2.11 bits per heavy atom. The number of nitrogens with one attached hydrogen (secondary N) is 1. The zero-order chi connectivity index (χ0) is 14.6. The van der Waals surface area contributed by atoms with Crippen LogP contribution in [0, 0.1) is 10.1 Å². The fourth-order valence-corrected chi connectivity index (χ4v) is 1.32. The minimum absolute atomic E-state index is 0.00397. The van der Waals surface area contributed by atoms with E-state index in [4.69, 9.17) is 9.84 Å². The van der Waals surface area contributed by atoms with Crippen molar-refractivity contribution in [3.8, 4) is 5.75 Å². The second-order valence-electron chi connectivity index (χ2n) is 3.68. The van der Waals surface area contributed by atoms with Crippen molar-refractivity contribution in [1.82, 2.24) is 5.32 Å². The summed E-state index contributed by atoms with van der Waals surface area (Å²) in [4.78, 5) is 32.4. The van der Waals surface area contributed by atoms with Gasteiger partial charge in [0.2, 0.25) is 0 Å². The number of aliphatic carboxylic acids is 1. The molecule has 0 radical (unpaired) electrons. The van der Waals surface area contributed by atoms with Gasteiger partial charge in [-0.05, 0) is 13.0 Å². The predicted octanol–water partition coefficient (Wildman–Crippen LogP) is 0.806. The quantitative estimate of drug-likeness (QED) is 0.602. The first kappa shape index (κ1) is 14.4. The molecule has 0 saturated heterocycles. The van der Waals surface area contributed by atoms with E-state index in [0.717, 1.165) is 12.1 Å². The Morgan fingerprint density at radius 1 is 1.47 bits per heavy atom. The van der Waals surface area contributed by atoms with Gasteiger partial charge >= 0.3 is 5.97 Å². The SMILES string of the molecule is COc1cc([N+](=O)[O-])ccc1C(=O)N[C@H](C)C(=O)O. The number of rotatable bonds is 5. The topological polar surface area (TPSA) is 119 Å². The Kier molecular flexibility index (Phi) is 4.41. The van der Waals surface area contributed by atoms with Crippen LogP contribution in [0.5, 0.6) is 5.75 Å². The third-order valence-electron chi connectivity index (χ3n) is 2.36. The summed E-state index contributed by atoms with van der Waals surface area (Å²) in [5.41, 5.74) is -0.194. The fourth-order valence-electron chi connectivity index (χ4n) is 1.32. The molecule has 1 aromatic rings. The number of hydrogen-bond acceptors (Lipinski definition) is 5. The van der Waals surface area contributed by atoms with Crippen LogP contribution in [0.4, 0.5) is 5.69 Å². The second-order valence-corrected chi connectivity index (χ2v) is 3.68. The molecule has 0 aromatic heterocycles. The molecule has 102 valence electrons. The normalized spacial score (nSPS) is 11.5. The zero-order valence-electron chi connectivity index (χ0n) is 10.2. The highest BCUT2D eigenvalue weighted by molar-refractivity contribution is 5.99. The molecule has 1 aromatic carbocycles. The van der Waals surface area contributed by atoms with E-state index < -0.39 is 22.8 Å². The molecule has 0 aliphatic carbocycles. The van der Waals surface area contributed by atoms with Gasteiger partial charge in [0.05, 0.1) is 23.7 Å². The molecule has 1 atom stereocenters. The van der Waals surface area contributed by atoms with Crippen LogP contribution < -0.4 is 10.1 Å². The fraction of sp³-hybridized carbons (Fsp3) is 0.273. The van der Waals surface area contributed by atoms with Gasteiger partial charge in [-0.15, -0.1) is 0 Å². The molecule has 2 N–H and O–H groups in total. The molecular weight excluding hydrogens is 256 g/mol. The molecule has 0 bridgehead atoms. The molecule has 0 aliphatic rings. The van der Waals surface area contributed by atoms with Crippen molar-refractivity contribution >= 4 is 17.6 Å². The standard InChI is InChI=1S/C11H12N2O6/c1-6(11(15)16)12-10(14)8-4-3-7(13(17)18)5-9(8)19-2/h3-6H,1-2H3,(H,12,14)(H,15,16)/t6-/m1/s1. The molecule has 1 rings (SSSR count). The highest BCUT2D eigenvalue weighted by Crippen LogP contribution is 2.24. The average molecular weight is 268 g/mol. The minimum Gasteiger partial charge on any atom is -0.496 e.